The van der Waals surface area contributed by atoms with Crippen LogP contribution in [0, 0.1) is 12.8 Å². The van der Waals surface area contributed by atoms with Crippen LogP contribution in [0.5, 0.6) is 5.75 Å². The molecule has 0 radical (unpaired) electrons. The van der Waals surface area contributed by atoms with Gasteiger partial charge in [0.25, 0.3) is 0 Å². The number of fused-ring (bicyclic) bond motifs is 2. The maximum absolute atomic E-state index is 13.0. The van der Waals surface area contributed by atoms with Crippen molar-refractivity contribution in [1.82, 2.24) is 4.90 Å². The van der Waals surface area contributed by atoms with Gasteiger partial charge in [-0.05, 0) is 68.0 Å². The molecule has 2 unspecified atom stereocenters. The summed E-state index contributed by atoms with van der Waals surface area (Å²) in [7, 11) is 0. The molecule has 3 aromatic rings. The highest BCUT2D eigenvalue weighted by atomic mass is 35.5. The van der Waals surface area contributed by atoms with E-state index >= 15 is 0 Å². The van der Waals surface area contributed by atoms with Crippen molar-refractivity contribution in [2.45, 2.75) is 64.1 Å². The van der Waals surface area contributed by atoms with Crippen molar-refractivity contribution >= 4 is 28.5 Å². The van der Waals surface area contributed by atoms with Crippen molar-refractivity contribution in [2.24, 2.45) is 5.92 Å². The second-order valence-electron chi connectivity index (χ2n) is 10.2. The average Bonchev–Trinajstić information content (AvgIpc) is 2.87. The van der Waals surface area contributed by atoms with Crippen molar-refractivity contribution in [3.8, 4) is 5.75 Å². The van der Waals surface area contributed by atoms with Crippen LogP contribution in [0.4, 0.5) is 0 Å². The van der Waals surface area contributed by atoms with Crippen LogP contribution < -0.4 is 10.4 Å². The topological polar surface area (TPSA) is 80.0 Å². The lowest BCUT2D eigenvalue weighted by Crippen LogP contribution is -2.54. The molecule has 2 aliphatic rings. The number of ether oxygens (including phenoxy) is 1. The molecule has 36 heavy (non-hydrogen) atoms. The van der Waals surface area contributed by atoms with E-state index in [1.807, 2.05) is 48.2 Å². The number of carbonyl (C=O) groups excluding carboxylic acids is 1. The Morgan fingerprint density at radius 3 is 2.81 bits per heavy atom. The molecule has 1 saturated heterocycles. The predicted molar refractivity (Wildman–Crippen MR) is 139 cm³/mol. The fourth-order valence-corrected chi connectivity index (χ4v) is 5.81. The fraction of sp³-hybridized carbons (Fsp3) is 0.448. The minimum Gasteiger partial charge on any atom is -0.489 e. The highest BCUT2D eigenvalue weighted by molar-refractivity contribution is 6.30. The SMILES string of the molecule is Cc1c(CCC(=O)N2CCC3(O)CCCCC3C2)c(=O)oc2cc(OCc3ccc(Cl)cc3)ccc12. The highest BCUT2D eigenvalue weighted by Gasteiger charge is 2.43. The van der Waals surface area contributed by atoms with Crippen molar-refractivity contribution in [2.75, 3.05) is 13.1 Å². The maximum Gasteiger partial charge on any atom is 0.339 e. The van der Waals surface area contributed by atoms with Gasteiger partial charge >= 0.3 is 5.63 Å². The molecule has 6 nitrogen and oxygen atoms in total. The van der Waals surface area contributed by atoms with E-state index < -0.39 is 11.2 Å². The van der Waals surface area contributed by atoms with E-state index in [-0.39, 0.29) is 18.2 Å². The number of likely N-dealkylation sites (tertiary alicyclic amines) is 1. The van der Waals surface area contributed by atoms with Gasteiger partial charge in [-0.1, -0.05) is 36.6 Å². The van der Waals surface area contributed by atoms with Gasteiger partial charge in [-0.25, -0.2) is 4.79 Å². The summed E-state index contributed by atoms with van der Waals surface area (Å²) in [5, 5.41) is 12.4. The van der Waals surface area contributed by atoms with Crippen molar-refractivity contribution in [1.29, 1.82) is 0 Å². The number of halogens is 1. The molecule has 5 rings (SSSR count). The Kier molecular flexibility index (Phi) is 7.09. The molecule has 190 valence electrons. The largest absolute Gasteiger partial charge is 0.489 e. The number of hydrogen-bond acceptors (Lipinski definition) is 5. The van der Waals surface area contributed by atoms with Gasteiger partial charge in [0, 0.05) is 47.5 Å². The molecule has 2 fully saturated rings. The molecule has 0 bridgehead atoms. The number of rotatable bonds is 6. The second kappa shape index (κ2) is 10.3. The van der Waals surface area contributed by atoms with Crippen molar-refractivity contribution in [3.63, 3.8) is 0 Å². The summed E-state index contributed by atoms with van der Waals surface area (Å²) >= 11 is 5.93. The lowest BCUT2D eigenvalue weighted by Gasteiger charge is -2.47. The number of amides is 1. The van der Waals surface area contributed by atoms with Crippen LogP contribution in [0.3, 0.4) is 0 Å². The molecular weight excluding hydrogens is 478 g/mol. The first-order valence-corrected chi connectivity index (χ1v) is 13.1. The number of carbonyl (C=O) groups is 1. The standard InChI is InChI=1S/C29H32ClNO5/c1-19-24-10-9-23(35-18-20-5-7-22(30)8-6-20)16-26(24)36-28(33)25(19)11-12-27(32)31-15-14-29(34)13-3-2-4-21(29)17-31/h5-10,16,21,34H,2-4,11-15,17-18H2,1H3. The quantitative estimate of drug-likeness (QED) is 0.449. The zero-order chi connectivity index (χ0) is 25.3. The summed E-state index contributed by atoms with van der Waals surface area (Å²) in [6.45, 7) is 3.46. The van der Waals surface area contributed by atoms with Gasteiger partial charge in [-0.3, -0.25) is 4.79 Å². The Hall–Kier alpha value is -2.83. The van der Waals surface area contributed by atoms with Crippen LogP contribution in [-0.2, 0) is 17.8 Å². The Morgan fingerprint density at radius 1 is 1.19 bits per heavy atom. The molecule has 2 heterocycles. The van der Waals surface area contributed by atoms with Crippen LogP contribution in [-0.4, -0.2) is 34.6 Å². The van der Waals surface area contributed by atoms with Crippen LogP contribution >= 0.6 is 11.6 Å². The molecule has 1 amide bonds. The second-order valence-corrected chi connectivity index (χ2v) is 10.6. The zero-order valence-corrected chi connectivity index (χ0v) is 21.4. The van der Waals surface area contributed by atoms with Crippen molar-refractivity contribution < 1.29 is 19.1 Å². The number of nitrogens with zero attached hydrogens (tertiary/aromatic N) is 1. The van der Waals surface area contributed by atoms with Gasteiger partial charge in [0.15, 0.2) is 0 Å². The van der Waals surface area contributed by atoms with Gasteiger partial charge in [-0.15, -0.1) is 0 Å². The third kappa shape index (κ3) is 5.16. The number of aryl methyl sites for hydroxylation is 1. The fourth-order valence-electron chi connectivity index (χ4n) is 5.69. The molecule has 1 aliphatic carbocycles. The number of hydrogen-bond donors (Lipinski definition) is 1. The molecule has 2 atom stereocenters. The van der Waals surface area contributed by atoms with Gasteiger partial charge in [0.05, 0.1) is 5.60 Å². The summed E-state index contributed by atoms with van der Waals surface area (Å²) in [4.78, 5) is 27.7. The number of benzene rings is 2. The van der Waals surface area contributed by atoms with Crippen LogP contribution in [0.2, 0.25) is 5.02 Å². The summed E-state index contributed by atoms with van der Waals surface area (Å²) in [5.41, 5.74) is 1.80. The maximum atomic E-state index is 13.0. The minimum atomic E-state index is -0.609. The van der Waals surface area contributed by atoms with E-state index in [4.69, 9.17) is 20.8 Å². The van der Waals surface area contributed by atoms with Gasteiger partial charge in [0.1, 0.15) is 17.9 Å². The lowest BCUT2D eigenvalue weighted by atomic mass is 9.71. The summed E-state index contributed by atoms with van der Waals surface area (Å²) in [6.07, 6.45) is 5.22. The van der Waals surface area contributed by atoms with Crippen LogP contribution in [0.1, 0.15) is 55.2 Å². The summed E-state index contributed by atoms with van der Waals surface area (Å²) in [6, 6.07) is 12.9. The predicted octanol–water partition coefficient (Wildman–Crippen LogP) is 5.42. The monoisotopic (exact) mass is 509 g/mol. The molecule has 7 heteroatoms. The number of piperidine rings is 1. The molecule has 1 N–H and O–H groups in total. The van der Waals surface area contributed by atoms with Crippen LogP contribution in [0.25, 0.3) is 11.0 Å². The van der Waals surface area contributed by atoms with E-state index in [2.05, 4.69) is 0 Å². The smallest absolute Gasteiger partial charge is 0.339 e. The number of aliphatic hydroxyl groups is 1. The minimum absolute atomic E-state index is 0.0347. The van der Waals surface area contributed by atoms with E-state index in [1.165, 1.54) is 0 Å². The van der Waals surface area contributed by atoms with Gasteiger partial charge in [0.2, 0.25) is 5.91 Å². The van der Waals surface area contributed by atoms with E-state index in [1.54, 1.807) is 6.07 Å². The third-order valence-corrected chi connectivity index (χ3v) is 8.20. The normalized spacial score (nSPS) is 21.9. The van der Waals surface area contributed by atoms with E-state index in [0.717, 1.165) is 42.2 Å². The molecule has 1 aliphatic heterocycles. The van der Waals surface area contributed by atoms with Gasteiger partial charge < -0.3 is 19.2 Å². The van der Waals surface area contributed by atoms with Gasteiger partial charge in [-0.2, -0.15) is 0 Å². The highest BCUT2D eigenvalue weighted by Crippen LogP contribution is 2.40. The molecule has 1 aromatic heterocycles. The lowest BCUT2D eigenvalue weighted by molar-refractivity contribution is -0.143. The van der Waals surface area contributed by atoms with Crippen molar-refractivity contribution in [3.05, 3.63) is 74.6 Å². The summed E-state index contributed by atoms with van der Waals surface area (Å²) < 4.78 is 11.5. The Balaban J connectivity index is 1.25. The first-order chi connectivity index (χ1) is 17.3. The average molecular weight is 510 g/mol. The summed E-state index contributed by atoms with van der Waals surface area (Å²) in [5.74, 6) is 0.802. The first kappa shape index (κ1) is 24.8. The Labute approximate surface area is 215 Å². The Bertz CT molecular complexity index is 1320. The Morgan fingerprint density at radius 2 is 2.00 bits per heavy atom. The first-order valence-electron chi connectivity index (χ1n) is 12.8. The van der Waals surface area contributed by atoms with E-state index in [0.29, 0.717) is 54.5 Å². The van der Waals surface area contributed by atoms with E-state index in [9.17, 15) is 14.7 Å². The molecule has 2 aromatic carbocycles. The van der Waals surface area contributed by atoms with Crippen LogP contribution in [0.15, 0.2) is 51.7 Å². The molecule has 0 spiro atoms. The molecular formula is C29H32ClNO5. The zero-order valence-electron chi connectivity index (χ0n) is 20.6. The molecule has 1 saturated carbocycles. The third-order valence-electron chi connectivity index (χ3n) is 7.95.